The van der Waals surface area contributed by atoms with Gasteiger partial charge in [0.2, 0.25) is 0 Å². The summed E-state index contributed by atoms with van der Waals surface area (Å²) in [6.45, 7) is 5.20. The number of rotatable bonds is 4. The van der Waals surface area contributed by atoms with Gasteiger partial charge in [0.25, 0.3) is 0 Å². The van der Waals surface area contributed by atoms with Crippen molar-refractivity contribution >= 4 is 18.0 Å². The first-order valence-electron chi connectivity index (χ1n) is 7.44. The van der Waals surface area contributed by atoms with Gasteiger partial charge in [0.15, 0.2) is 0 Å². The molecule has 1 rings (SSSR count). The van der Waals surface area contributed by atoms with E-state index in [0.29, 0.717) is 25.7 Å². The van der Waals surface area contributed by atoms with Crippen LogP contribution in [0.25, 0.3) is 0 Å². The molecule has 0 bridgehead atoms. The zero-order chi connectivity index (χ0) is 16.9. The van der Waals surface area contributed by atoms with E-state index in [4.69, 9.17) is 14.6 Å². The number of hydrogen-bond donors (Lipinski definition) is 2. The van der Waals surface area contributed by atoms with Gasteiger partial charge in [0.05, 0.1) is 13.0 Å². The third kappa shape index (κ3) is 5.54. The van der Waals surface area contributed by atoms with E-state index >= 15 is 0 Å². The van der Waals surface area contributed by atoms with Gasteiger partial charge in [0.1, 0.15) is 11.6 Å². The van der Waals surface area contributed by atoms with Gasteiger partial charge in [-0.05, 0) is 52.4 Å². The van der Waals surface area contributed by atoms with Crippen LogP contribution in [0.5, 0.6) is 0 Å². The van der Waals surface area contributed by atoms with E-state index in [1.54, 1.807) is 20.8 Å². The highest BCUT2D eigenvalue weighted by Crippen LogP contribution is 2.31. The minimum atomic E-state index is -0.812. The Bertz CT molecular complexity index is 420. The number of ether oxygens (including phenoxy) is 2. The Labute approximate surface area is 130 Å². The molecular formula is C15H25NO6. The summed E-state index contributed by atoms with van der Waals surface area (Å²) in [7, 11) is 1.26. The number of carboxylic acid groups (broad SMARTS) is 1. The molecule has 22 heavy (non-hydrogen) atoms. The molecule has 0 aliphatic heterocycles. The third-order valence-electron chi connectivity index (χ3n) is 3.72. The summed E-state index contributed by atoms with van der Waals surface area (Å²) >= 11 is 0. The van der Waals surface area contributed by atoms with E-state index in [2.05, 4.69) is 5.32 Å². The largest absolute Gasteiger partial charge is 0.481 e. The highest BCUT2D eigenvalue weighted by atomic mass is 16.6. The molecule has 2 N–H and O–H groups in total. The molecule has 1 aliphatic rings. The number of methoxy groups -OCH3 is 1. The fraction of sp³-hybridized carbons (Fsp3) is 0.800. The molecule has 1 atom stereocenters. The predicted octanol–water partition coefficient (Wildman–Crippen LogP) is 1.94. The molecule has 0 unspecified atom stereocenters. The summed E-state index contributed by atoms with van der Waals surface area (Å²) < 4.78 is 9.91. The lowest BCUT2D eigenvalue weighted by atomic mass is 9.78. The van der Waals surface area contributed by atoms with Crippen molar-refractivity contribution in [1.82, 2.24) is 5.32 Å². The van der Waals surface area contributed by atoms with E-state index in [0.717, 1.165) is 0 Å². The van der Waals surface area contributed by atoms with Crippen LogP contribution < -0.4 is 5.32 Å². The summed E-state index contributed by atoms with van der Waals surface area (Å²) in [6.07, 6.45) is 1.40. The summed E-state index contributed by atoms with van der Waals surface area (Å²) in [5, 5.41) is 11.6. The number of amides is 1. The topological polar surface area (TPSA) is 102 Å². The van der Waals surface area contributed by atoms with Crippen molar-refractivity contribution in [2.75, 3.05) is 7.11 Å². The van der Waals surface area contributed by atoms with Crippen molar-refractivity contribution in [3.63, 3.8) is 0 Å². The van der Waals surface area contributed by atoms with Gasteiger partial charge in [-0.3, -0.25) is 4.79 Å². The van der Waals surface area contributed by atoms with Crippen LogP contribution in [0.15, 0.2) is 0 Å². The van der Waals surface area contributed by atoms with E-state index in [1.165, 1.54) is 7.11 Å². The minimum Gasteiger partial charge on any atom is -0.481 e. The van der Waals surface area contributed by atoms with Gasteiger partial charge >= 0.3 is 18.0 Å². The molecule has 0 aromatic carbocycles. The number of alkyl carbamates (subject to hydrolysis) is 1. The second-order valence-electron chi connectivity index (χ2n) is 6.60. The molecular weight excluding hydrogens is 290 g/mol. The molecule has 1 fully saturated rings. The van der Waals surface area contributed by atoms with Crippen LogP contribution in [-0.4, -0.2) is 41.9 Å². The number of esters is 1. The number of carboxylic acids is 1. The van der Waals surface area contributed by atoms with Crippen molar-refractivity contribution in [3.8, 4) is 0 Å². The van der Waals surface area contributed by atoms with Crippen LogP contribution in [0, 0.1) is 11.8 Å². The monoisotopic (exact) mass is 315 g/mol. The van der Waals surface area contributed by atoms with Crippen LogP contribution in [0.1, 0.15) is 46.5 Å². The van der Waals surface area contributed by atoms with Crippen LogP contribution in [-0.2, 0) is 19.1 Å². The zero-order valence-electron chi connectivity index (χ0n) is 13.5. The Hall–Kier alpha value is -1.79. The molecule has 7 nitrogen and oxygen atoms in total. The standard InChI is InChI=1S/C15H25NO6/c1-15(2,3)22-14(20)16-11(13(19)21-4)9-5-7-10(8-6-9)12(17)18/h9-11H,5-8H2,1-4H3,(H,16,20)(H,17,18)/t9-,10-,11-/m0/s1. The molecule has 1 aliphatic carbocycles. The lowest BCUT2D eigenvalue weighted by Gasteiger charge is -2.32. The van der Waals surface area contributed by atoms with Gasteiger partial charge in [0, 0.05) is 0 Å². The van der Waals surface area contributed by atoms with Crippen molar-refractivity contribution in [1.29, 1.82) is 0 Å². The number of nitrogens with one attached hydrogen (secondary N) is 1. The van der Waals surface area contributed by atoms with Gasteiger partial charge in [-0.2, -0.15) is 0 Å². The highest BCUT2D eigenvalue weighted by Gasteiger charge is 2.36. The Balaban J connectivity index is 2.68. The summed E-state index contributed by atoms with van der Waals surface area (Å²) in [6, 6.07) is -0.811. The summed E-state index contributed by atoms with van der Waals surface area (Å²) in [4.78, 5) is 34.8. The number of aliphatic carboxylic acids is 1. The third-order valence-corrected chi connectivity index (χ3v) is 3.72. The fourth-order valence-corrected chi connectivity index (χ4v) is 2.63. The number of carbonyl (C=O) groups excluding carboxylic acids is 2. The average molecular weight is 315 g/mol. The Morgan fingerprint density at radius 1 is 1.14 bits per heavy atom. The molecule has 0 saturated heterocycles. The van der Waals surface area contributed by atoms with Crippen molar-refractivity contribution in [3.05, 3.63) is 0 Å². The normalized spacial score (nSPS) is 23.3. The fourth-order valence-electron chi connectivity index (χ4n) is 2.63. The summed E-state index contributed by atoms with van der Waals surface area (Å²) in [5.41, 5.74) is -0.661. The Morgan fingerprint density at radius 3 is 2.09 bits per heavy atom. The van der Waals surface area contributed by atoms with Crippen LogP contribution >= 0.6 is 0 Å². The quantitative estimate of drug-likeness (QED) is 0.769. The number of hydrogen-bond acceptors (Lipinski definition) is 5. The highest BCUT2D eigenvalue weighted by molar-refractivity contribution is 5.81. The molecule has 0 aromatic heterocycles. The van der Waals surface area contributed by atoms with Gasteiger partial charge in [-0.15, -0.1) is 0 Å². The van der Waals surface area contributed by atoms with Gasteiger partial charge in [-0.25, -0.2) is 9.59 Å². The van der Waals surface area contributed by atoms with E-state index in [9.17, 15) is 14.4 Å². The zero-order valence-corrected chi connectivity index (χ0v) is 13.5. The molecule has 0 aromatic rings. The molecule has 0 radical (unpaired) electrons. The predicted molar refractivity (Wildman–Crippen MR) is 78.3 cm³/mol. The van der Waals surface area contributed by atoms with Crippen LogP contribution in [0.2, 0.25) is 0 Å². The summed E-state index contributed by atoms with van der Waals surface area (Å²) in [5.74, 6) is -1.87. The second kappa shape index (κ2) is 7.47. The maximum atomic E-state index is 11.9. The van der Waals surface area contributed by atoms with Crippen molar-refractivity contribution in [2.24, 2.45) is 11.8 Å². The maximum absolute atomic E-state index is 11.9. The van der Waals surface area contributed by atoms with Crippen LogP contribution in [0.4, 0.5) is 4.79 Å². The second-order valence-corrected chi connectivity index (χ2v) is 6.60. The molecule has 7 heteroatoms. The lowest BCUT2D eigenvalue weighted by molar-refractivity contribution is -0.146. The molecule has 1 amide bonds. The van der Waals surface area contributed by atoms with E-state index in [-0.39, 0.29) is 11.8 Å². The smallest absolute Gasteiger partial charge is 0.408 e. The first kappa shape index (κ1) is 18.3. The molecule has 0 heterocycles. The van der Waals surface area contributed by atoms with E-state index < -0.39 is 29.7 Å². The Kier molecular flexibility index (Phi) is 6.20. The lowest BCUT2D eigenvalue weighted by Crippen LogP contribution is -2.49. The van der Waals surface area contributed by atoms with Gasteiger partial charge in [-0.1, -0.05) is 0 Å². The van der Waals surface area contributed by atoms with Crippen molar-refractivity contribution in [2.45, 2.75) is 58.1 Å². The molecule has 126 valence electrons. The molecule has 1 saturated carbocycles. The maximum Gasteiger partial charge on any atom is 0.408 e. The first-order valence-corrected chi connectivity index (χ1v) is 7.44. The minimum absolute atomic E-state index is 0.143. The Morgan fingerprint density at radius 2 is 1.68 bits per heavy atom. The first-order chi connectivity index (χ1) is 10.1. The van der Waals surface area contributed by atoms with Gasteiger partial charge < -0.3 is 19.9 Å². The average Bonchev–Trinajstić information content (AvgIpc) is 2.42. The van der Waals surface area contributed by atoms with Crippen molar-refractivity contribution < 1.29 is 29.0 Å². The van der Waals surface area contributed by atoms with Crippen LogP contribution in [0.3, 0.4) is 0 Å². The SMILES string of the molecule is COC(=O)[C@@H](NC(=O)OC(C)(C)C)[C@H]1CC[C@H](C(=O)O)CC1. The van der Waals surface area contributed by atoms with E-state index in [1.807, 2.05) is 0 Å². The number of carbonyl (C=O) groups is 3. The molecule has 0 spiro atoms.